The van der Waals surface area contributed by atoms with Gasteiger partial charge in [0.2, 0.25) is 0 Å². The molecule has 1 aromatic carbocycles. The second-order valence-corrected chi connectivity index (χ2v) is 4.36. The zero-order valence-corrected chi connectivity index (χ0v) is 9.40. The van der Waals surface area contributed by atoms with Crippen molar-refractivity contribution in [2.75, 3.05) is 0 Å². The van der Waals surface area contributed by atoms with E-state index in [9.17, 15) is 9.59 Å². The number of rotatable bonds is 2. The molecule has 16 heavy (non-hydrogen) atoms. The van der Waals surface area contributed by atoms with Crippen molar-refractivity contribution >= 4 is 12.3 Å². The molecule has 1 aromatic rings. The van der Waals surface area contributed by atoms with Crippen molar-refractivity contribution in [1.82, 2.24) is 0 Å². The van der Waals surface area contributed by atoms with Gasteiger partial charge in [0, 0.05) is 6.42 Å². The third-order valence-electron chi connectivity index (χ3n) is 2.85. The summed E-state index contributed by atoms with van der Waals surface area (Å²) in [5.74, 6) is -0.0113. The summed E-state index contributed by atoms with van der Waals surface area (Å²) >= 11 is 0. The molecule has 0 radical (unpaired) electrons. The summed E-state index contributed by atoms with van der Waals surface area (Å²) in [6, 6.07) is 5.79. The maximum atomic E-state index is 11.6. The predicted molar refractivity (Wildman–Crippen MR) is 59.5 cm³/mol. The number of carbonyl (C=O) groups excluding carboxylic acids is 2. The second kappa shape index (κ2) is 4.08. The van der Waals surface area contributed by atoms with Crippen LogP contribution in [0.4, 0.5) is 0 Å². The Morgan fingerprint density at radius 1 is 1.44 bits per heavy atom. The third-order valence-corrected chi connectivity index (χ3v) is 2.85. The van der Waals surface area contributed by atoms with Gasteiger partial charge in [-0.15, -0.1) is 0 Å². The van der Waals surface area contributed by atoms with E-state index >= 15 is 0 Å². The van der Waals surface area contributed by atoms with E-state index in [-0.39, 0.29) is 5.97 Å². The molecule has 84 valence electrons. The Morgan fingerprint density at radius 3 is 2.81 bits per heavy atom. The lowest BCUT2D eigenvalue weighted by atomic mass is 9.93. The Labute approximate surface area is 94.4 Å². The van der Waals surface area contributed by atoms with Gasteiger partial charge in [0.15, 0.2) is 12.4 Å². The molecule has 0 saturated heterocycles. The van der Waals surface area contributed by atoms with E-state index in [1.807, 2.05) is 18.2 Å². The van der Waals surface area contributed by atoms with Crippen LogP contribution in [0, 0.1) is 0 Å². The number of cyclic esters (lactones) is 1. The van der Waals surface area contributed by atoms with Crippen LogP contribution < -0.4 is 0 Å². The van der Waals surface area contributed by atoms with Gasteiger partial charge in [-0.1, -0.05) is 26.0 Å². The molecule has 0 aromatic heterocycles. The molecular formula is C13H14O3. The van der Waals surface area contributed by atoms with E-state index in [0.717, 1.165) is 11.1 Å². The molecule has 1 unspecified atom stereocenters. The van der Waals surface area contributed by atoms with E-state index < -0.39 is 6.10 Å². The lowest BCUT2D eigenvalue weighted by molar-refractivity contribution is -0.115. The fourth-order valence-electron chi connectivity index (χ4n) is 1.86. The van der Waals surface area contributed by atoms with Crippen molar-refractivity contribution in [2.24, 2.45) is 0 Å². The highest BCUT2D eigenvalue weighted by atomic mass is 16.5. The van der Waals surface area contributed by atoms with Crippen molar-refractivity contribution in [3.8, 4) is 0 Å². The first-order valence-corrected chi connectivity index (χ1v) is 5.41. The van der Waals surface area contributed by atoms with E-state index in [4.69, 9.17) is 4.74 Å². The highest BCUT2D eigenvalue weighted by Gasteiger charge is 2.26. The topological polar surface area (TPSA) is 43.4 Å². The standard InChI is InChI=1S/C13H14O3/c1-8(2)9-3-4-10-5-11(7-14)16-13(15)12(10)6-9/h3-4,6-8,11H,5H2,1-2H3. The van der Waals surface area contributed by atoms with Gasteiger partial charge in [-0.2, -0.15) is 0 Å². The van der Waals surface area contributed by atoms with E-state index in [1.54, 1.807) is 0 Å². The molecule has 1 aliphatic heterocycles. The van der Waals surface area contributed by atoms with Gasteiger partial charge in [0.25, 0.3) is 0 Å². The molecule has 0 fully saturated rings. The van der Waals surface area contributed by atoms with Crippen LogP contribution >= 0.6 is 0 Å². The van der Waals surface area contributed by atoms with Crippen LogP contribution in [-0.2, 0) is 16.0 Å². The van der Waals surface area contributed by atoms with Crippen molar-refractivity contribution in [3.05, 3.63) is 34.9 Å². The Bertz CT molecular complexity index is 435. The SMILES string of the molecule is CC(C)c1ccc2c(c1)C(=O)OC(C=O)C2. The highest BCUT2D eigenvalue weighted by molar-refractivity contribution is 5.93. The average molecular weight is 218 g/mol. The van der Waals surface area contributed by atoms with Crippen molar-refractivity contribution in [2.45, 2.75) is 32.3 Å². The van der Waals surface area contributed by atoms with E-state index in [2.05, 4.69) is 13.8 Å². The molecule has 0 spiro atoms. The maximum absolute atomic E-state index is 11.6. The van der Waals surface area contributed by atoms with Gasteiger partial charge in [-0.25, -0.2) is 4.79 Å². The number of carbonyl (C=O) groups is 2. The van der Waals surface area contributed by atoms with E-state index in [0.29, 0.717) is 24.2 Å². The van der Waals surface area contributed by atoms with Crippen molar-refractivity contribution < 1.29 is 14.3 Å². The minimum atomic E-state index is -0.620. The largest absolute Gasteiger partial charge is 0.451 e. The van der Waals surface area contributed by atoms with E-state index in [1.165, 1.54) is 0 Å². The lowest BCUT2D eigenvalue weighted by Crippen LogP contribution is -2.28. The first kappa shape index (κ1) is 10.9. The summed E-state index contributed by atoms with van der Waals surface area (Å²) in [7, 11) is 0. The molecule has 1 aliphatic rings. The summed E-state index contributed by atoms with van der Waals surface area (Å²) in [5, 5.41) is 0. The number of hydrogen-bond acceptors (Lipinski definition) is 3. The number of fused-ring (bicyclic) bond motifs is 1. The van der Waals surface area contributed by atoms with Crippen molar-refractivity contribution in [1.29, 1.82) is 0 Å². The molecule has 0 amide bonds. The number of esters is 1. The first-order chi connectivity index (χ1) is 7.61. The van der Waals surface area contributed by atoms with Crippen LogP contribution in [-0.4, -0.2) is 18.4 Å². The number of ether oxygens (including phenoxy) is 1. The Kier molecular flexibility index (Phi) is 2.77. The lowest BCUT2D eigenvalue weighted by Gasteiger charge is -2.21. The monoisotopic (exact) mass is 218 g/mol. The third kappa shape index (κ3) is 1.85. The first-order valence-electron chi connectivity index (χ1n) is 5.41. The molecule has 0 saturated carbocycles. The Morgan fingerprint density at radius 2 is 2.19 bits per heavy atom. The number of benzene rings is 1. The van der Waals surface area contributed by atoms with Gasteiger partial charge < -0.3 is 4.74 Å². The van der Waals surface area contributed by atoms with Crippen LogP contribution in [0.15, 0.2) is 18.2 Å². The molecule has 3 heteroatoms. The number of hydrogen-bond donors (Lipinski definition) is 0. The van der Waals surface area contributed by atoms with Crippen LogP contribution in [0.5, 0.6) is 0 Å². The maximum Gasteiger partial charge on any atom is 0.339 e. The summed E-state index contributed by atoms with van der Waals surface area (Å²) in [4.78, 5) is 22.3. The summed E-state index contributed by atoms with van der Waals surface area (Å²) in [5.41, 5.74) is 2.61. The Balaban J connectivity index is 2.41. The molecule has 1 atom stereocenters. The van der Waals surface area contributed by atoms with Gasteiger partial charge in [0.05, 0.1) is 5.56 Å². The highest BCUT2D eigenvalue weighted by Crippen LogP contribution is 2.24. The van der Waals surface area contributed by atoms with Crippen LogP contribution in [0.2, 0.25) is 0 Å². The Hall–Kier alpha value is -1.64. The van der Waals surface area contributed by atoms with Gasteiger partial charge in [-0.3, -0.25) is 4.79 Å². The zero-order chi connectivity index (χ0) is 11.7. The van der Waals surface area contributed by atoms with Gasteiger partial charge in [0.1, 0.15) is 0 Å². The summed E-state index contributed by atoms with van der Waals surface area (Å²) in [6.45, 7) is 4.15. The fraction of sp³-hybridized carbons (Fsp3) is 0.385. The molecule has 1 heterocycles. The second-order valence-electron chi connectivity index (χ2n) is 4.36. The predicted octanol–water partition coefficient (Wildman–Crippen LogP) is 2.09. The van der Waals surface area contributed by atoms with Crippen LogP contribution in [0.1, 0.15) is 41.3 Å². The molecule has 3 nitrogen and oxygen atoms in total. The zero-order valence-electron chi connectivity index (χ0n) is 9.40. The molecule has 0 aliphatic carbocycles. The van der Waals surface area contributed by atoms with Crippen LogP contribution in [0.25, 0.3) is 0 Å². The normalized spacial score (nSPS) is 19.2. The minimum Gasteiger partial charge on any atom is -0.451 e. The van der Waals surface area contributed by atoms with Crippen molar-refractivity contribution in [3.63, 3.8) is 0 Å². The van der Waals surface area contributed by atoms with Gasteiger partial charge in [-0.05, 0) is 23.1 Å². The molecular weight excluding hydrogens is 204 g/mol. The fourth-order valence-corrected chi connectivity index (χ4v) is 1.86. The molecule has 2 rings (SSSR count). The quantitative estimate of drug-likeness (QED) is 0.564. The number of aldehydes is 1. The summed E-state index contributed by atoms with van der Waals surface area (Å²) < 4.78 is 4.99. The molecule has 0 N–H and O–H groups in total. The molecule has 0 bridgehead atoms. The smallest absolute Gasteiger partial charge is 0.339 e. The average Bonchev–Trinajstić information content (AvgIpc) is 2.28. The summed E-state index contributed by atoms with van der Waals surface area (Å²) in [6.07, 6.45) is 0.546. The minimum absolute atomic E-state index is 0.377. The van der Waals surface area contributed by atoms with Gasteiger partial charge >= 0.3 is 5.97 Å². The van der Waals surface area contributed by atoms with Crippen LogP contribution in [0.3, 0.4) is 0 Å².